The Labute approximate surface area is 90.8 Å². The first-order valence-corrected chi connectivity index (χ1v) is 5.48. The number of hydrogen-bond donors (Lipinski definition) is 1. The van der Waals surface area contributed by atoms with E-state index in [0.29, 0.717) is 0 Å². The highest BCUT2D eigenvalue weighted by atomic mass is 16.3. The molecule has 1 aliphatic rings. The van der Waals surface area contributed by atoms with Gasteiger partial charge >= 0.3 is 0 Å². The molecule has 1 fully saturated rings. The number of nitrogens with zero attached hydrogens (tertiary/aromatic N) is 2. The van der Waals surface area contributed by atoms with E-state index in [-0.39, 0.29) is 6.61 Å². The molecule has 82 valence electrons. The smallest absolute Gasteiger partial charge is 0.133 e. The van der Waals surface area contributed by atoms with Crippen molar-refractivity contribution < 1.29 is 5.11 Å². The highest BCUT2D eigenvalue weighted by Gasteiger charge is 2.33. The molecule has 0 spiro atoms. The fourth-order valence-electron chi connectivity index (χ4n) is 1.99. The Morgan fingerprint density at radius 3 is 2.93 bits per heavy atom. The molecule has 1 N–H and O–H groups in total. The van der Waals surface area contributed by atoms with Crippen LogP contribution in [0.5, 0.6) is 0 Å². The van der Waals surface area contributed by atoms with Gasteiger partial charge < -0.3 is 10.0 Å². The summed E-state index contributed by atoms with van der Waals surface area (Å²) >= 11 is 0. The SMILES string of the molecule is CC1CC1CN(C)c1ncccc1CO. The molecule has 1 heterocycles. The first-order chi connectivity index (χ1) is 7.22. The summed E-state index contributed by atoms with van der Waals surface area (Å²) in [6, 6.07) is 3.79. The van der Waals surface area contributed by atoms with Crippen molar-refractivity contribution >= 4 is 5.82 Å². The van der Waals surface area contributed by atoms with Crippen LogP contribution in [0.15, 0.2) is 18.3 Å². The van der Waals surface area contributed by atoms with Crippen LogP contribution in [-0.2, 0) is 6.61 Å². The third-order valence-electron chi connectivity index (χ3n) is 3.18. The summed E-state index contributed by atoms with van der Waals surface area (Å²) in [6.45, 7) is 3.39. The molecule has 1 aliphatic carbocycles. The fraction of sp³-hybridized carbons (Fsp3) is 0.583. The van der Waals surface area contributed by atoms with Crippen LogP contribution in [0.25, 0.3) is 0 Å². The molecule has 0 amide bonds. The quantitative estimate of drug-likeness (QED) is 0.814. The van der Waals surface area contributed by atoms with Crippen LogP contribution < -0.4 is 4.90 Å². The molecule has 1 saturated carbocycles. The molecular weight excluding hydrogens is 188 g/mol. The lowest BCUT2D eigenvalue weighted by atomic mass is 10.2. The van der Waals surface area contributed by atoms with Crippen molar-refractivity contribution in [2.45, 2.75) is 20.0 Å². The minimum atomic E-state index is 0.0632. The summed E-state index contributed by atoms with van der Waals surface area (Å²) in [5, 5.41) is 9.20. The number of pyridine rings is 1. The predicted molar refractivity (Wildman–Crippen MR) is 60.7 cm³/mol. The first-order valence-electron chi connectivity index (χ1n) is 5.48. The van der Waals surface area contributed by atoms with E-state index in [1.54, 1.807) is 6.20 Å². The normalized spacial score (nSPS) is 23.9. The van der Waals surface area contributed by atoms with Gasteiger partial charge in [-0.1, -0.05) is 13.0 Å². The van der Waals surface area contributed by atoms with Crippen molar-refractivity contribution in [1.29, 1.82) is 0 Å². The molecule has 0 aliphatic heterocycles. The van der Waals surface area contributed by atoms with Crippen LogP contribution in [-0.4, -0.2) is 23.7 Å². The van der Waals surface area contributed by atoms with Crippen molar-refractivity contribution in [3.05, 3.63) is 23.9 Å². The largest absolute Gasteiger partial charge is 0.392 e. The second-order valence-electron chi connectivity index (χ2n) is 4.50. The van der Waals surface area contributed by atoms with Crippen molar-refractivity contribution in [3.8, 4) is 0 Å². The monoisotopic (exact) mass is 206 g/mol. The van der Waals surface area contributed by atoms with Gasteiger partial charge in [0, 0.05) is 25.4 Å². The molecule has 0 bridgehead atoms. The molecule has 1 aromatic rings. The van der Waals surface area contributed by atoms with Crippen LogP contribution in [0.3, 0.4) is 0 Å². The van der Waals surface area contributed by atoms with Gasteiger partial charge in [0.15, 0.2) is 0 Å². The fourth-order valence-corrected chi connectivity index (χ4v) is 1.99. The molecule has 0 aromatic carbocycles. The van der Waals surface area contributed by atoms with Gasteiger partial charge in [-0.3, -0.25) is 0 Å². The van der Waals surface area contributed by atoms with Crippen LogP contribution in [0.4, 0.5) is 5.82 Å². The van der Waals surface area contributed by atoms with E-state index < -0.39 is 0 Å². The molecule has 3 heteroatoms. The predicted octanol–water partition coefficient (Wildman–Crippen LogP) is 1.67. The number of hydrogen-bond acceptors (Lipinski definition) is 3. The molecule has 2 atom stereocenters. The minimum absolute atomic E-state index is 0.0632. The van der Waals surface area contributed by atoms with Crippen LogP contribution in [0.1, 0.15) is 18.9 Å². The standard InChI is InChI=1S/C12H18N2O/c1-9-6-11(9)7-14(2)12-10(8-15)4-3-5-13-12/h3-5,9,11,15H,6-8H2,1-2H3. The molecule has 15 heavy (non-hydrogen) atoms. The zero-order valence-corrected chi connectivity index (χ0v) is 9.35. The van der Waals surface area contributed by atoms with Crippen molar-refractivity contribution in [2.75, 3.05) is 18.5 Å². The van der Waals surface area contributed by atoms with Crippen LogP contribution in [0, 0.1) is 11.8 Å². The van der Waals surface area contributed by atoms with E-state index in [9.17, 15) is 5.11 Å². The molecule has 2 unspecified atom stereocenters. The maximum atomic E-state index is 9.20. The summed E-state index contributed by atoms with van der Waals surface area (Å²) in [4.78, 5) is 6.47. The zero-order chi connectivity index (χ0) is 10.8. The van der Waals surface area contributed by atoms with E-state index in [1.165, 1.54) is 6.42 Å². The second-order valence-corrected chi connectivity index (χ2v) is 4.50. The lowest BCUT2D eigenvalue weighted by Gasteiger charge is -2.20. The lowest BCUT2D eigenvalue weighted by Crippen LogP contribution is -2.23. The molecule has 2 rings (SSSR count). The average molecular weight is 206 g/mol. The van der Waals surface area contributed by atoms with Gasteiger partial charge in [-0.25, -0.2) is 4.98 Å². The minimum Gasteiger partial charge on any atom is -0.392 e. The van der Waals surface area contributed by atoms with E-state index in [2.05, 4.69) is 16.8 Å². The van der Waals surface area contributed by atoms with Gasteiger partial charge in [-0.2, -0.15) is 0 Å². The Morgan fingerprint density at radius 1 is 1.60 bits per heavy atom. The lowest BCUT2D eigenvalue weighted by molar-refractivity contribution is 0.281. The summed E-state index contributed by atoms with van der Waals surface area (Å²) in [5.41, 5.74) is 0.910. The first kappa shape index (κ1) is 10.4. The van der Waals surface area contributed by atoms with Gasteiger partial charge in [0.05, 0.1) is 6.61 Å². The molecule has 0 saturated heterocycles. The number of anilines is 1. The van der Waals surface area contributed by atoms with Crippen LogP contribution >= 0.6 is 0 Å². The molecule has 0 radical (unpaired) electrons. The molecule has 1 aromatic heterocycles. The maximum Gasteiger partial charge on any atom is 0.133 e. The van der Waals surface area contributed by atoms with E-state index in [1.807, 2.05) is 19.2 Å². The Hall–Kier alpha value is -1.09. The molecule has 3 nitrogen and oxygen atoms in total. The summed E-state index contributed by atoms with van der Waals surface area (Å²) < 4.78 is 0. The van der Waals surface area contributed by atoms with Gasteiger partial charge in [0.2, 0.25) is 0 Å². The van der Waals surface area contributed by atoms with Gasteiger partial charge in [0.1, 0.15) is 5.82 Å². The summed E-state index contributed by atoms with van der Waals surface area (Å²) in [6.07, 6.45) is 3.10. The Morgan fingerprint density at radius 2 is 2.33 bits per heavy atom. The zero-order valence-electron chi connectivity index (χ0n) is 9.35. The van der Waals surface area contributed by atoms with Crippen molar-refractivity contribution in [2.24, 2.45) is 11.8 Å². The number of aromatic nitrogens is 1. The Kier molecular flexibility index (Phi) is 2.91. The number of aliphatic hydroxyl groups excluding tert-OH is 1. The van der Waals surface area contributed by atoms with Gasteiger partial charge in [-0.05, 0) is 24.3 Å². The number of aliphatic hydroxyl groups is 1. The van der Waals surface area contributed by atoms with Crippen LogP contribution in [0.2, 0.25) is 0 Å². The third-order valence-corrected chi connectivity index (χ3v) is 3.18. The highest BCUT2D eigenvalue weighted by molar-refractivity contribution is 5.45. The Bertz CT molecular complexity index is 340. The van der Waals surface area contributed by atoms with Gasteiger partial charge in [0.25, 0.3) is 0 Å². The highest BCUT2D eigenvalue weighted by Crippen LogP contribution is 2.38. The topological polar surface area (TPSA) is 36.4 Å². The second kappa shape index (κ2) is 4.19. The van der Waals surface area contributed by atoms with Crippen molar-refractivity contribution in [3.63, 3.8) is 0 Å². The number of rotatable bonds is 4. The average Bonchev–Trinajstić information content (AvgIpc) is 2.94. The summed E-state index contributed by atoms with van der Waals surface area (Å²) in [7, 11) is 2.05. The third kappa shape index (κ3) is 2.29. The Balaban J connectivity index is 2.06. The van der Waals surface area contributed by atoms with Crippen molar-refractivity contribution in [1.82, 2.24) is 4.98 Å². The van der Waals surface area contributed by atoms with E-state index in [4.69, 9.17) is 0 Å². The van der Waals surface area contributed by atoms with E-state index in [0.717, 1.165) is 29.8 Å². The van der Waals surface area contributed by atoms with E-state index >= 15 is 0 Å². The van der Waals surface area contributed by atoms with Gasteiger partial charge in [-0.15, -0.1) is 0 Å². The molecular formula is C12H18N2O. The maximum absolute atomic E-state index is 9.20. The summed E-state index contributed by atoms with van der Waals surface area (Å²) in [5.74, 6) is 2.58.